The van der Waals surface area contributed by atoms with Crippen molar-refractivity contribution >= 4 is 5.91 Å². The fourth-order valence-electron chi connectivity index (χ4n) is 3.04. The first-order chi connectivity index (χ1) is 9.18. The summed E-state index contributed by atoms with van der Waals surface area (Å²) in [6.07, 6.45) is 2.11. The second kappa shape index (κ2) is 7.14. The molecule has 2 saturated heterocycles. The summed E-state index contributed by atoms with van der Waals surface area (Å²) in [6, 6.07) is 0.693. The molecule has 0 aliphatic carbocycles. The highest BCUT2D eigenvalue weighted by atomic mass is 19.3. The number of halogens is 2. The first kappa shape index (κ1) is 14.7. The Kier molecular flexibility index (Phi) is 5.51. The van der Waals surface area contributed by atoms with E-state index in [0.717, 1.165) is 32.4 Å². The van der Waals surface area contributed by atoms with Crippen molar-refractivity contribution in [2.45, 2.75) is 50.6 Å². The second-order valence-electron chi connectivity index (χ2n) is 5.22. The largest absolute Gasteiger partial charge is 0.375 e. The highest BCUT2D eigenvalue weighted by Gasteiger charge is 2.35. The van der Waals surface area contributed by atoms with Crippen LogP contribution in [0.3, 0.4) is 0 Å². The van der Waals surface area contributed by atoms with Crippen molar-refractivity contribution < 1.29 is 18.3 Å². The van der Waals surface area contributed by atoms with Crippen molar-refractivity contribution in [3.05, 3.63) is 0 Å². The van der Waals surface area contributed by atoms with Crippen LogP contribution in [0, 0.1) is 0 Å². The van der Waals surface area contributed by atoms with E-state index in [0.29, 0.717) is 6.04 Å². The highest BCUT2D eigenvalue weighted by molar-refractivity contribution is 5.77. The minimum absolute atomic E-state index is 0.0328. The van der Waals surface area contributed by atoms with Crippen LogP contribution in [0.15, 0.2) is 0 Å². The van der Waals surface area contributed by atoms with Gasteiger partial charge in [0.05, 0.1) is 13.0 Å². The van der Waals surface area contributed by atoms with Gasteiger partial charge in [0.2, 0.25) is 5.91 Å². The fourth-order valence-corrected chi connectivity index (χ4v) is 3.04. The summed E-state index contributed by atoms with van der Waals surface area (Å²) >= 11 is 0. The smallest absolute Gasteiger partial charge is 0.261 e. The van der Waals surface area contributed by atoms with Crippen LogP contribution in [0.5, 0.6) is 0 Å². The molecule has 0 bridgehead atoms. The summed E-state index contributed by atoms with van der Waals surface area (Å²) in [5.41, 5.74) is 0. The summed E-state index contributed by atoms with van der Waals surface area (Å²) in [5, 5.41) is 3.44. The van der Waals surface area contributed by atoms with Gasteiger partial charge < -0.3 is 15.0 Å². The molecule has 2 atom stereocenters. The van der Waals surface area contributed by atoms with E-state index in [-0.39, 0.29) is 25.0 Å². The van der Waals surface area contributed by atoms with Gasteiger partial charge in [0.1, 0.15) is 6.61 Å². The number of hydrogen-bond acceptors (Lipinski definition) is 3. The van der Waals surface area contributed by atoms with Crippen LogP contribution < -0.4 is 5.32 Å². The van der Waals surface area contributed by atoms with Crippen molar-refractivity contribution in [3.63, 3.8) is 0 Å². The standard InChI is InChI=1S/C13H22F2N2O2/c14-12(15)9-19-8-5-13(18)17-7-2-4-11(17)10-3-1-6-16-10/h10-12,16H,1-9H2. The third-order valence-corrected chi connectivity index (χ3v) is 3.89. The molecule has 2 unspecified atom stereocenters. The lowest BCUT2D eigenvalue weighted by molar-refractivity contribution is -0.134. The maximum absolute atomic E-state index is 12.1. The number of ether oxygens (including phenoxy) is 1. The number of rotatable bonds is 6. The van der Waals surface area contributed by atoms with Gasteiger partial charge >= 0.3 is 0 Å². The molecule has 4 nitrogen and oxygen atoms in total. The Morgan fingerprint density at radius 3 is 2.89 bits per heavy atom. The SMILES string of the molecule is O=C(CCOCC(F)F)N1CCCC1C1CCCN1. The third-order valence-electron chi connectivity index (χ3n) is 3.89. The van der Waals surface area contributed by atoms with E-state index < -0.39 is 13.0 Å². The normalized spacial score (nSPS) is 27.4. The van der Waals surface area contributed by atoms with E-state index in [1.165, 1.54) is 6.42 Å². The molecule has 1 amide bonds. The van der Waals surface area contributed by atoms with Crippen LogP contribution >= 0.6 is 0 Å². The zero-order valence-corrected chi connectivity index (χ0v) is 11.1. The zero-order valence-electron chi connectivity index (χ0n) is 11.1. The van der Waals surface area contributed by atoms with Crippen LogP contribution in [0.2, 0.25) is 0 Å². The number of hydrogen-bond donors (Lipinski definition) is 1. The minimum atomic E-state index is -2.46. The highest BCUT2D eigenvalue weighted by Crippen LogP contribution is 2.25. The number of likely N-dealkylation sites (tertiary alicyclic amines) is 1. The molecule has 0 spiro atoms. The van der Waals surface area contributed by atoms with Crippen LogP contribution in [0.1, 0.15) is 32.1 Å². The minimum Gasteiger partial charge on any atom is -0.375 e. The maximum atomic E-state index is 12.1. The lowest BCUT2D eigenvalue weighted by Crippen LogP contribution is -2.46. The molecule has 6 heteroatoms. The van der Waals surface area contributed by atoms with E-state index in [9.17, 15) is 13.6 Å². The van der Waals surface area contributed by atoms with E-state index in [4.69, 9.17) is 4.74 Å². The number of alkyl halides is 2. The summed E-state index contributed by atoms with van der Waals surface area (Å²) in [5.74, 6) is 0.0328. The Morgan fingerprint density at radius 2 is 2.21 bits per heavy atom. The predicted octanol–water partition coefficient (Wildman–Crippen LogP) is 1.40. The molecule has 0 aromatic carbocycles. The van der Waals surface area contributed by atoms with E-state index in [2.05, 4.69) is 5.32 Å². The molecule has 0 aromatic rings. The Bertz CT molecular complexity index is 296. The Labute approximate surface area is 112 Å². The summed E-state index contributed by atoms with van der Waals surface area (Å²) in [6.45, 7) is 1.32. The average Bonchev–Trinajstić information content (AvgIpc) is 3.02. The monoisotopic (exact) mass is 276 g/mol. The number of carbonyl (C=O) groups excluding carboxylic acids is 1. The van der Waals surface area contributed by atoms with Gasteiger partial charge in [0, 0.05) is 18.6 Å². The van der Waals surface area contributed by atoms with Gasteiger partial charge in [-0.15, -0.1) is 0 Å². The molecule has 2 rings (SSSR count). The molecule has 0 saturated carbocycles. The molecule has 19 heavy (non-hydrogen) atoms. The van der Waals surface area contributed by atoms with Crippen LogP contribution in [-0.2, 0) is 9.53 Å². The van der Waals surface area contributed by atoms with Crippen LogP contribution in [0.25, 0.3) is 0 Å². The molecule has 110 valence electrons. The van der Waals surface area contributed by atoms with Gasteiger partial charge in [-0.25, -0.2) is 8.78 Å². The van der Waals surface area contributed by atoms with Crippen LogP contribution in [-0.4, -0.2) is 55.6 Å². The molecule has 2 heterocycles. The molecule has 2 aliphatic rings. The van der Waals surface area contributed by atoms with Crippen molar-refractivity contribution in [1.82, 2.24) is 10.2 Å². The van der Waals surface area contributed by atoms with Gasteiger partial charge in [-0.05, 0) is 32.2 Å². The molecule has 2 aliphatic heterocycles. The fraction of sp³-hybridized carbons (Fsp3) is 0.923. The van der Waals surface area contributed by atoms with Crippen LogP contribution in [0.4, 0.5) is 8.78 Å². The van der Waals surface area contributed by atoms with Gasteiger partial charge in [-0.3, -0.25) is 4.79 Å². The van der Waals surface area contributed by atoms with Gasteiger partial charge in [-0.2, -0.15) is 0 Å². The van der Waals surface area contributed by atoms with Crippen molar-refractivity contribution in [1.29, 1.82) is 0 Å². The molecular formula is C13H22F2N2O2. The summed E-state index contributed by atoms with van der Waals surface area (Å²) < 4.78 is 28.6. The first-order valence-corrected chi connectivity index (χ1v) is 7.07. The maximum Gasteiger partial charge on any atom is 0.261 e. The number of amides is 1. The second-order valence-corrected chi connectivity index (χ2v) is 5.22. The Hall–Kier alpha value is -0.750. The third kappa shape index (κ3) is 4.11. The quantitative estimate of drug-likeness (QED) is 0.746. The lowest BCUT2D eigenvalue weighted by Gasteiger charge is -2.29. The van der Waals surface area contributed by atoms with E-state index >= 15 is 0 Å². The molecule has 1 N–H and O–H groups in total. The van der Waals surface area contributed by atoms with Crippen molar-refractivity contribution in [2.24, 2.45) is 0 Å². The Balaban J connectivity index is 1.74. The van der Waals surface area contributed by atoms with Crippen molar-refractivity contribution in [3.8, 4) is 0 Å². The summed E-state index contributed by atoms with van der Waals surface area (Å²) in [7, 11) is 0. The van der Waals surface area contributed by atoms with Gasteiger partial charge in [-0.1, -0.05) is 0 Å². The molecule has 2 fully saturated rings. The van der Waals surface area contributed by atoms with E-state index in [1.54, 1.807) is 0 Å². The van der Waals surface area contributed by atoms with Gasteiger partial charge in [0.25, 0.3) is 6.43 Å². The lowest BCUT2D eigenvalue weighted by atomic mass is 10.0. The van der Waals surface area contributed by atoms with E-state index in [1.807, 2.05) is 4.90 Å². The average molecular weight is 276 g/mol. The molecular weight excluding hydrogens is 254 g/mol. The first-order valence-electron chi connectivity index (χ1n) is 7.07. The number of carbonyl (C=O) groups is 1. The predicted molar refractivity (Wildman–Crippen MR) is 67.2 cm³/mol. The van der Waals surface area contributed by atoms with Crippen molar-refractivity contribution in [2.75, 3.05) is 26.3 Å². The zero-order chi connectivity index (χ0) is 13.7. The molecule has 0 radical (unpaired) electrons. The van der Waals surface area contributed by atoms with Gasteiger partial charge in [0.15, 0.2) is 0 Å². The topological polar surface area (TPSA) is 41.6 Å². The number of nitrogens with one attached hydrogen (secondary N) is 1. The summed E-state index contributed by atoms with van der Waals surface area (Å²) in [4.78, 5) is 14.0. The molecule has 0 aromatic heterocycles. The Morgan fingerprint density at radius 1 is 1.37 bits per heavy atom. The number of nitrogens with zero attached hydrogens (tertiary/aromatic N) is 1.